The van der Waals surface area contributed by atoms with E-state index in [2.05, 4.69) is 10.3 Å². The Kier molecular flexibility index (Phi) is 7.87. The molecule has 2 aromatic rings. The first kappa shape index (κ1) is 21.0. The lowest BCUT2D eigenvalue weighted by atomic mass is 10.2. The number of rotatable bonds is 9. The first-order valence-corrected chi connectivity index (χ1v) is 9.61. The van der Waals surface area contributed by atoms with Gasteiger partial charge in [0.15, 0.2) is 5.13 Å². The summed E-state index contributed by atoms with van der Waals surface area (Å²) in [6, 6.07) is 5.96. The molecule has 0 aliphatic heterocycles. The van der Waals surface area contributed by atoms with Crippen LogP contribution in [0.3, 0.4) is 0 Å². The van der Waals surface area contributed by atoms with Crippen LogP contribution in [0.15, 0.2) is 24.3 Å². The number of hydrogen-bond acceptors (Lipinski definition) is 6. The van der Waals surface area contributed by atoms with Gasteiger partial charge in [0.05, 0.1) is 25.4 Å². The van der Waals surface area contributed by atoms with Crippen LogP contribution in [0.5, 0.6) is 0 Å². The summed E-state index contributed by atoms with van der Waals surface area (Å²) in [6.07, 6.45) is 0.803. The minimum Gasteiger partial charge on any atom is -0.465 e. The average Bonchev–Trinajstić information content (AvgIpc) is 2.96. The van der Waals surface area contributed by atoms with Crippen molar-refractivity contribution in [2.75, 3.05) is 25.0 Å². The molecule has 6 nitrogen and oxygen atoms in total. The molecule has 0 aliphatic carbocycles. The molecule has 0 atom stereocenters. The molecule has 1 heterocycles. The molecule has 2 rings (SSSR count). The monoisotopic (exact) mass is 393 g/mol. The van der Waals surface area contributed by atoms with Crippen LogP contribution in [-0.2, 0) is 27.3 Å². The van der Waals surface area contributed by atoms with Gasteiger partial charge in [-0.1, -0.05) is 19.1 Å². The molecule has 8 heteroatoms. The molecule has 27 heavy (non-hydrogen) atoms. The molecular formula is C19H24FN3O3S. The predicted octanol–water partition coefficient (Wildman–Crippen LogP) is 3.16. The SMILES string of the molecule is CCOC(=O)CN(CC(=O)Nc1nc(CC)c(C)s1)Cc1ccc(F)cc1. The summed E-state index contributed by atoms with van der Waals surface area (Å²) in [7, 11) is 0. The lowest BCUT2D eigenvalue weighted by molar-refractivity contribution is -0.144. The Hall–Kier alpha value is -2.32. The molecular weight excluding hydrogens is 369 g/mol. The Labute approximate surface area is 162 Å². The quantitative estimate of drug-likeness (QED) is 0.663. The summed E-state index contributed by atoms with van der Waals surface area (Å²) < 4.78 is 18.1. The second kappa shape index (κ2) is 10.1. The second-order valence-electron chi connectivity index (χ2n) is 6.00. The first-order valence-electron chi connectivity index (χ1n) is 8.79. The van der Waals surface area contributed by atoms with E-state index in [9.17, 15) is 14.0 Å². The van der Waals surface area contributed by atoms with Crippen LogP contribution >= 0.6 is 11.3 Å². The Balaban J connectivity index is 2.03. The van der Waals surface area contributed by atoms with Gasteiger partial charge in [-0.2, -0.15) is 0 Å². The number of nitrogens with one attached hydrogen (secondary N) is 1. The van der Waals surface area contributed by atoms with Crippen molar-refractivity contribution in [3.63, 3.8) is 0 Å². The Morgan fingerprint density at radius 1 is 1.22 bits per heavy atom. The normalized spacial score (nSPS) is 10.9. The number of ether oxygens (including phenoxy) is 1. The molecule has 0 bridgehead atoms. The molecule has 146 valence electrons. The number of benzene rings is 1. The second-order valence-corrected chi connectivity index (χ2v) is 7.20. The highest BCUT2D eigenvalue weighted by atomic mass is 32.1. The zero-order chi connectivity index (χ0) is 19.8. The maximum Gasteiger partial charge on any atom is 0.320 e. The van der Waals surface area contributed by atoms with Crippen molar-refractivity contribution < 1.29 is 18.7 Å². The minimum atomic E-state index is -0.411. The highest BCUT2D eigenvalue weighted by Crippen LogP contribution is 2.22. The van der Waals surface area contributed by atoms with E-state index in [4.69, 9.17) is 4.74 Å². The Bertz CT molecular complexity index is 777. The third-order valence-corrected chi connectivity index (χ3v) is 4.75. The number of thiazole rings is 1. The van der Waals surface area contributed by atoms with Crippen molar-refractivity contribution in [2.45, 2.75) is 33.7 Å². The third-order valence-electron chi connectivity index (χ3n) is 3.82. The number of aryl methyl sites for hydroxylation is 2. The van der Waals surface area contributed by atoms with E-state index in [1.54, 1.807) is 24.0 Å². The van der Waals surface area contributed by atoms with Gasteiger partial charge in [0.1, 0.15) is 5.82 Å². The van der Waals surface area contributed by atoms with Gasteiger partial charge in [0, 0.05) is 11.4 Å². The van der Waals surface area contributed by atoms with E-state index in [1.165, 1.54) is 23.5 Å². The van der Waals surface area contributed by atoms with Gasteiger partial charge in [0.2, 0.25) is 5.91 Å². The minimum absolute atomic E-state index is 0.00369. The summed E-state index contributed by atoms with van der Waals surface area (Å²) in [5.41, 5.74) is 1.76. The fourth-order valence-electron chi connectivity index (χ4n) is 2.58. The molecule has 0 saturated heterocycles. The fraction of sp³-hybridized carbons (Fsp3) is 0.421. The van der Waals surface area contributed by atoms with Crippen molar-refractivity contribution in [2.24, 2.45) is 0 Å². The molecule has 0 spiro atoms. The summed E-state index contributed by atoms with van der Waals surface area (Å²) in [4.78, 5) is 31.4. The number of esters is 1. The van der Waals surface area contributed by atoms with E-state index < -0.39 is 5.97 Å². The lowest BCUT2D eigenvalue weighted by Gasteiger charge is -2.20. The molecule has 1 aromatic carbocycles. The molecule has 1 N–H and O–H groups in total. The van der Waals surface area contributed by atoms with E-state index in [0.29, 0.717) is 11.7 Å². The molecule has 1 amide bonds. The number of hydrogen-bond donors (Lipinski definition) is 1. The Morgan fingerprint density at radius 3 is 2.52 bits per heavy atom. The van der Waals surface area contributed by atoms with E-state index in [1.807, 2.05) is 13.8 Å². The topological polar surface area (TPSA) is 71.5 Å². The number of carbonyl (C=O) groups is 2. The van der Waals surface area contributed by atoms with Crippen LogP contribution in [0.1, 0.15) is 30.0 Å². The van der Waals surface area contributed by atoms with Crippen molar-refractivity contribution in [3.05, 3.63) is 46.2 Å². The third kappa shape index (κ3) is 6.73. The fourth-order valence-corrected chi connectivity index (χ4v) is 3.49. The van der Waals surface area contributed by atoms with Crippen LogP contribution in [0.25, 0.3) is 0 Å². The van der Waals surface area contributed by atoms with Crippen molar-refractivity contribution in [1.82, 2.24) is 9.88 Å². The number of halogens is 1. The largest absolute Gasteiger partial charge is 0.465 e. The maximum atomic E-state index is 13.1. The van der Waals surface area contributed by atoms with Gasteiger partial charge >= 0.3 is 5.97 Å². The highest BCUT2D eigenvalue weighted by molar-refractivity contribution is 7.15. The molecule has 0 saturated carbocycles. The smallest absolute Gasteiger partial charge is 0.320 e. The van der Waals surface area contributed by atoms with Gasteiger partial charge in [-0.3, -0.25) is 14.5 Å². The summed E-state index contributed by atoms with van der Waals surface area (Å²) in [5, 5.41) is 3.33. The molecule has 0 aliphatic rings. The zero-order valence-electron chi connectivity index (χ0n) is 15.8. The summed E-state index contributed by atoms with van der Waals surface area (Å²) >= 11 is 1.43. The lowest BCUT2D eigenvalue weighted by Crippen LogP contribution is -2.37. The van der Waals surface area contributed by atoms with Crippen LogP contribution in [0, 0.1) is 12.7 Å². The molecule has 0 fully saturated rings. The summed E-state index contributed by atoms with van der Waals surface area (Å²) in [5.74, 6) is -1.01. The van der Waals surface area contributed by atoms with E-state index in [-0.39, 0.29) is 31.4 Å². The number of anilines is 1. The summed E-state index contributed by atoms with van der Waals surface area (Å²) in [6.45, 7) is 6.26. The zero-order valence-corrected chi connectivity index (χ0v) is 16.6. The van der Waals surface area contributed by atoms with Gasteiger partial charge in [-0.05, 0) is 38.0 Å². The van der Waals surface area contributed by atoms with Gasteiger partial charge in [-0.25, -0.2) is 9.37 Å². The van der Waals surface area contributed by atoms with Gasteiger partial charge < -0.3 is 10.1 Å². The van der Waals surface area contributed by atoms with Crippen LogP contribution < -0.4 is 5.32 Å². The standard InChI is InChI=1S/C19H24FN3O3S/c1-4-16-13(3)27-19(21-16)22-17(24)11-23(12-18(25)26-5-2)10-14-6-8-15(20)9-7-14/h6-9H,4-5,10-12H2,1-3H3,(H,21,22,24). The number of aromatic nitrogens is 1. The van der Waals surface area contributed by atoms with E-state index >= 15 is 0 Å². The average molecular weight is 393 g/mol. The maximum absolute atomic E-state index is 13.1. The van der Waals surface area contributed by atoms with Crippen LogP contribution in [-0.4, -0.2) is 41.5 Å². The molecule has 1 aromatic heterocycles. The van der Waals surface area contributed by atoms with Crippen molar-refractivity contribution in [1.29, 1.82) is 0 Å². The van der Waals surface area contributed by atoms with Gasteiger partial charge in [-0.15, -0.1) is 11.3 Å². The number of nitrogens with zero attached hydrogens (tertiary/aromatic N) is 2. The number of amides is 1. The van der Waals surface area contributed by atoms with Crippen molar-refractivity contribution in [3.8, 4) is 0 Å². The molecule has 0 unspecified atom stereocenters. The number of carbonyl (C=O) groups excluding carboxylic acids is 2. The van der Waals surface area contributed by atoms with Crippen molar-refractivity contribution >= 4 is 28.3 Å². The molecule has 0 radical (unpaired) electrons. The van der Waals surface area contributed by atoms with Gasteiger partial charge in [0.25, 0.3) is 0 Å². The van der Waals surface area contributed by atoms with Crippen LogP contribution in [0.2, 0.25) is 0 Å². The first-order chi connectivity index (χ1) is 12.9. The highest BCUT2D eigenvalue weighted by Gasteiger charge is 2.17. The van der Waals surface area contributed by atoms with Crippen LogP contribution in [0.4, 0.5) is 9.52 Å². The predicted molar refractivity (Wildman–Crippen MR) is 103 cm³/mol. The van der Waals surface area contributed by atoms with E-state index in [0.717, 1.165) is 22.6 Å². The Morgan fingerprint density at radius 2 is 1.93 bits per heavy atom.